The molecule has 13 heavy (non-hydrogen) atoms. The first kappa shape index (κ1) is 9.67. The largest absolute Gasteiger partial charge is 0.378 e. The highest BCUT2D eigenvalue weighted by Crippen LogP contribution is 2.07. The Labute approximate surface area is 75.7 Å². The molecule has 3 N–H and O–H groups in total. The lowest BCUT2D eigenvalue weighted by atomic mass is 10.3. The zero-order valence-corrected chi connectivity index (χ0v) is 7.09. The Balaban J connectivity index is 2.46. The van der Waals surface area contributed by atoms with Crippen molar-refractivity contribution < 1.29 is 9.18 Å². The van der Waals surface area contributed by atoms with Crippen molar-refractivity contribution in [3.8, 4) is 0 Å². The van der Waals surface area contributed by atoms with Crippen molar-refractivity contribution in [3.63, 3.8) is 0 Å². The van der Waals surface area contributed by atoms with Gasteiger partial charge in [0.25, 0.3) is 0 Å². The lowest BCUT2D eigenvalue weighted by Crippen LogP contribution is -2.22. The van der Waals surface area contributed by atoms with E-state index in [1.165, 1.54) is 12.1 Å². The average Bonchev–Trinajstić information content (AvgIpc) is 2.16. The fourth-order valence-corrected chi connectivity index (χ4v) is 0.841. The summed E-state index contributed by atoms with van der Waals surface area (Å²) < 4.78 is 12.4. The first-order chi connectivity index (χ1) is 6.22. The van der Waals surface area contributed by atoms with Gasteiger partial charge in [0, 0.05) is 5.69 Å². The molecule has 0 saturated heterocycles. The number of nitrogens with one attached hydrogen (secondary N) is 1. The predicted octanol–water partition coefficient (Wildman–Crippen LogP) is 0.765. The standard InChI is InChI=1S/C9H11FN2O/c10-7-1-3-8(4-2-7)12-6-9(13)5-11/h1-4,12H,5-6,11H2. The van der Waals surface area contributed by atoms with Crippen molar-refractivity contribution >= 4 is 11.5 Å². The first-order valence-corrected chi connectivity index (χ1v) is 3.93. The molecule has 1 aromatic rings. The second-order valence-corrected chi connectivity index (χ2v) is 2.60. The van der Waals surface area contributed by atoms with Gasteiger partial charge in [0.2, 0.25) is 0 Å². The smallest absolute Gasteiger partial charge is 0.165 e. The fourth-order valence-electron chi connectivity index (χ4n) is 0.841. The zero-order valence-electron chi connectivity index (χ0n) is 7.09. The van der Waals surface area contributed by atoms with Gasteiger partial charge < -0.3 is 11.1 Å². The van der Waals surface area contributed by atoms with E-state index < -0.39 is 0 Å². The minimum atomic E-state index is -0.296. The molecule has 0 fully saturated rings. The highest BCUT2D eigenvalue weighted by Gasteiger charge is 1.97. The van der Waals surface area contributed by atoms with Gasteiger partial charge in [0.1, 0.15) is 5.82 Å². The summed E-state index contributed by atoms with van der Waals surface area (Å²) >= 11 is 0. The average molecular weight is 182 g/mol. The molecule has 0 aromatic heterocycles. The van der Waals surface area contributed by atoms with Crippen molar-refractivity contribution in [2.45, 2.75) is 0 Å². The lowest BCUT2D eigenvalue weighted by molar-refractivity contribution is -0.116. The van der Waals surface area contributed by atoms with Crippen LogP contribution in [0.25, 0.3) is 0 Å². The van der Waals surface area contributed by atoms with E-state index in [4.69, 9.17) is 5.73 Å². The van der Waals surface area contributed by atoms with Crippen LogP contribution < -0.4 is 11.1 Å². The Hall–Kier alpha value is -1.42. The second kappa shape index (κ2) is 4.57. The Bertz CT molecular complexity index is 284. The van der Waals surface area contributed by atoms with E-state index >= 15 is 0 Å². The van der Waals surface area contributed by atoms with E-state index in [1.54, 1.807) is 12.1 Å². The minimum Gasteiger partial charge on any atom is -0.378 e. The van der Waals surface area contributed by atoms with Crippen LogP contribution in [0.1, 0.15) is 0 Å². The molecule has 1 aromatic carbocycles. The van der Waals surface area contributed by atoms with Crippen molar-refractivity contribution in [1.82, 2.24) is 0 Å². The third-order valence-corrected chi connectivity index (χ3v) is 1.56. The highest BCUT2D eigenvalue weighted by molar-refractivity contribution is 5.84. The van der Waals surface area contributed by atoms with Gasteiger partial charge >= 0.3 is 0 Å². The number of halogens is 1. The molecule has 70 valence electrons. The molecule has 0 amide bonds. The topological polar surface area (TPSA) is 55.1 Å². The Morgan fingerprint density at radius 3 is 2.54 bits per heavy atom. The molecule has 3 nitrogen and oxygen atoms in total. The number of hydrogen-bond acceptors (Lipinski definition) is 3. The van der Waals surface area contributed by atoms with E-state index in [1.807, 2.05) is 0 Å². The van der Waals surface area contributed by atoms with Crippen molar-refractivity contribution in [1.29, 1.82) is 0 Å². The third-order valence-electron chi connectivity index (χ3n) is 1.56. The maximum absolute atomic E-state index is 12.4. The lowest BCUT2D eigenvalue weighted by Gasteiger charge is -2.03. The van der Waals surface area contributed by atoms with Crippen LogP contribution in [-0.4, -0.2) is 18.9 Å². The van der Waals surface area contributed by atoms with Crippen molar-refractivity contribution in [2.75, 3.05) is 18.4 Å². The molecule has 0 unspecified atom stereocenters. The van der Waals surface area contributed by atoms with E-state index in [-0.39, 0.29) is 24.7 Å². The summed E-state index contributed by atoms with van der Waals surface area (Å²) in [5.41, 5.74) is 5.82. The number of benzene rings is 1. The van der Waals surface area contributed by atoms with Crippen molar-refractivity contribution in [2.24, 2.45) is 5.73 Å². The van der Waals surface area contributed by atoms with Crippen molar-refractivity contribution in [3.05, 3.63) is 30.1 Å². The SMILES string of the molecule is NCC(=O)CNc1ccc(F)cc1. The van der Waals surface area contributed by atoms with Gasteiger partial charge in [-0.05, 0) is 24.3 Å². The third kappa shape index (κ3) is 3.21. The van der Waals surface area contributed by atoms with E-state index in [9.17, 15) is 9.18 Å². The Morgan fingerprint density at radius 1 is 1.38 bits per heavy atom. The number of carbonyl (C=O) groups excluding carboxylic acids is 1. The van der Waals surface area contributed by atoms with Gasteiger partial charge in [-0.15, -0.1) is 0 Å². The number of carbonyl (C=O) groups is 1. The monoisotopic (exact) mass is 182 g/mol. The van der Waals surface area contributed by atoms with Gasteiger partial charge in [-0.1, -0.05) is 0 Å². The first-order valence-electron chi connectivity index (χ1n) is 3.93. The number of hydrogen-bond donors (Lipinski definition) is 2. The van der Waals surface area contributed by atoms with Crippen LogP contribution in [0.2, 0.25) is 0 Å². The van der Waals surface area contributed by atoms with Crippen LogP contribution in [0.15, 0.2) is 24.3 Å². The van der Waals surface area contributed by atoms with Gasteiger partial charge in [-0.25, -0.2) is 4.39 Å². The normalized spacial score (nSPS) is 9.69. The molecule has 0 bridgehead atoms. The van der Waals surface area contributed by atoms with Crippen LogP contribution >= 0.6 is 0 Å². The molecule has 0 heterocycles. The molecular formula is C9H11FN2O. The molecule has 0 saturated carbocycles. The molecule has 0 aliphatic carbocycles. The van der Waals surface area contributed by atoms with Crippen LogP contribution in [0, 0.1) is 5.82 Å². The highest BCUT2D eigenvalue weighted by atomic mass is 19.1. The van der Waals surface area contributed by atoms with E-state index in [0.29, 0.717) is 5.69 Å². The summed E-state index contributed by atoms with van der Waals surface area (Å²) in [5, 5.41) is 2.83. The molecule has 0 spiro atoms. The summed E-state index contributed by atoms with van der Waals surface area (Å²) in [6, 6.07) is 5.79. The maximum Gasteiger partial charge on any atom is 0.165 e. The Morgan fingerprint density at radius 2 is 2.00 bits per heavy atom. The summed E-state index contributed by atoms with van der Waals surface area (Å²) in [6.07, 6.45) is 0. The molecule has 4 heteroatoms. The van der Waals surface area contributed by atoms with Gasteiger partial charge in [-0.2, -0.15) is 0 Å². The summed E-state index contributed by atoms with van der Waals surface area (Å²) in [7, 11) is 0. The zero-order chi connectivity index (χ0) is 9.68. The summed E-state index contributed by atoms with van der Waals surface area (Å²) in [6.45, 7) is 0.205. The molecule has 0 atom stereocenters. The number of Topliss-reactive ketones (excluding diaryl/α,β-unsaturated/α-hetero) is 1. The van der Waals surface area contributed by atoms with Gasteiger partial charge in [-0.3, -0.25) is 4.79 Å². The van der Waals surface area contributed by atoms with Gasteiger partial charge in [0.15, 0.2) is 5.78 Å². The molecule has 0 aliphatic heterocycles. The van der Waals surface area contributed by atoms with Crippen LogP contribution in [-0.2, 0) is 4.79 Å². The molecule has 1 rings (SSSR count). The fraction of sp³-hybridized carbons (Fsp3) is 0.222. The van der Waals surface area contributed by atoms with E-state index in [0.717, 1.165) is 0 Å². The van der Waals surface area contributed by atoms with Crippen LogP contribution in [0.3, 0.4) is 0 Å². The Kier molecular flexibility index (Phi) is 3.40. The number of ketones is 1. The molecule has 0 radical (unpaired) electrons. The quantitative estimate of drug-likeness (QED) is 0.723. The maximum atomic E-state index is 12.4. The minimum absolute atomic E-state index is 0.0220. The van der Waals surface area contributed by atoms with Gasteiger partial charge in [0.05, 0.1) is 13.1 Å². The number of nitrogens with two attached hydrogens (primary N) is 1. The second-order valence-electron chi connectivity index (χ2n) is 2.60. The summed E-state index contributed by atoms with van der Waals surface area (Å²) in [5.74, 6) is -0.375. The van der Waals surface area contributed by atoms with Crippen LogP contribution in [0.5, 0.6) is 0 Å². The molecular weight excluding hydrogens is 171 g/mol. The number of rotatable bonds is 4. The number of anilines is 1. The predicted molar refractivity (Wildman–Crippen MR) is 49.0 cm³/mol. The summed E-state index contributed by atoms with van der Waals surface area (Å²) in [4.78, 5) is 10.8. The molecule has 0 aliphatic rings. The van der Waals surface area contributed by atoms with Crippen LogP contribution in [0.4, 0.5) is 10.1 Å². The van der Waals surface area contributed by atoms with E-state index in [2.05, 4.69) is 5.32 Å².